The molecule has 106 valence electrons. The molecule has 1 aliphatic rings. The highest BCUT2D eigenvalue weighted by molar-refractivity contribution is 5.26. The van der Waals surface area contributed by atoms with E-state index in [1.807, 2.05) is 12.1 Å². The van der Waals surface area contributed by atoms with Crippen molar-refractivity contribution >= 4 is 0 Å². The SMILES string of the molecule is Cc1ccc(OCCN(C)C2CCN(C)CC2)cc1. The van der Waals surface area contributed by atoms with Crippen molar-refractivity contribution in [2.75, 3.05) is 40.3 Å². The highest BCUT2D eigenvalue weighted by Gasteiger charge is 2.20. The lowest BCUT2D eigenvalue weighted by Crippen LogP contribution is -2.43. The molecule has 0 N–H and O–H groups in total. The Morgan fingerprint density at radius 3 is 2.47 bits per heavy atom. The van der Waals surface area contributed by atoms with Gasteiger partial charge in [-0.25, -0.2) is 0 Å². The number of benzene rings is 1. The molecule has 0 unspecified atom stereocenters. The van der Waals surface area contributed by atoms with E-state index < -0.39 is 0 Å². The number of rotatable bonds is 5. The Balaban J connectivity index is 1.69. The van der Waals surface area contributed by atoms with Crippen molar-refractivity contribution in [3.63, 3.8) is 0 Å². The van der Waals surface area contributed by atoms with E-state index in [0.717, 1.165) is 24.9 Å². The van der Waals surface area contributed by atoms with Gasteiger partial charge in [0.1, 0.15) is 12.4 Å². The van der Waals surface area contributed by atoms with Gasteiger partial charge in [-0.2, -0.15) is 0 Å². The van der Waals surface area contributed by atoms with Crippen LogP contribution in [0.5, 0.6) is 5.75 Å². The second-order valence-corrected chi connectivity index (χ2v) is 5.68. The van der Waals surface area contributed by atoms with E-state index in [-0.39, 0.29) is 0 Å². The van der Waals surface area contributed by atoms with Crippen LogP contribution in [0.25, 0.3) is 0 Å². The van der Waals surface area contributed by atoms with Crippen LogP contribution < -0.4 is 4.74 Å². The maximum atomic E-state index is 5.79. The summed E-state index contributed by atoms with van der Waals surface area (Å²) in [4.78, 5) is 4.86. The molecule has 1 heterocycles. The average molecular weight is 262 g/mol. The van der Waals surface area contributed by atoms with Crippen molar-refractivity contribution in [1.29, 1.82) is 0 Å². The largest absolute Gasteiger partial charge is 0.492 e. The molecular weight excluding hydrogens is 236 g/mol. The van der Waals surface area contributed by atoms with E-state index in [1.54, 1.807) is 0 Å². The fourth-order valence-electron chi connectivity index (χ4n) is 2.56. The number of hydrogen-bond acceptors (Lipinski definition) is 3. The van der Waals surface area contributed by atoms with Crippen LogP contribution in [0.15, 0.2) is 24.3 Å². The number of aryl methyl sites for hydroxylation is 1. The van der Waals surface area contributed by atoms with E-state index in [9.17, 15) is 0 Å². The van der Waals surface area contributed by atoms with Gasteiger partial charge in [0.05, 0.1) is 0 Å². The zero-order valence-electron chi connectivity index (χ0n) is 12.4. The molecule has 0 aromatic heterocycles. The molecule has 0 saturated carbocycles. The van der Waals surface area contributed by atoms with Gasteiger partial charge in [-0.05, 0) is 59.1 Å². The highest BCUT2D eigenvalue weighted by atomic mass is 16.5. The van der Waals surface area contributed by atoms with Crippen LogP contribution in [0.2, 0.25) is 0 Å². The van der Waals surface area contributed by atoms with Gasteiger partial charge in [-0.15, -0.1) is 0 Å². The number of likely N-dealkylation sites (N-methyl/N-ethyl adjacent to an activating group) is 1. The van der Waals surface area contributed by atoms with Gasteiger partial charge in [-0.1, -0.05) is 17.7 Å². The number of ether oxygens (including phenoxy) is 1. The lowest BCUT2D eigenvalue weighted by atomic mass is 10.0. The Labute approximate surface area is 117 Å². The number of nitrogens with zero attached hydrogens (tertiary/aromatic N) is 2. The first-order chi connectivity index (χ1) is 9.15. The average Bonchev–Trinajstić information content (AvgIpc) is 2.41. The molecule has 1 aromatic rings. The maximum absolute atomic E-state index is 5.79. The second kappa shape index (κ2) is 6.92. The summed E-state index contributed by atoms with van der Waals surface area (Å²) < 4.78 is 5.79. The molecule has 1 saturated heterocycles. The Kier molecular flexibility index (Phi) is 5.23. The van der Waals surface area contributed by atoms with Gasteiger partial charge in [0.2, 0.25) is 0 Å². The number of likely N-dealkylation sites (tertiary alicyclic amines) is 1. The van der Waals surface area contributed by atoms with Crippen LogP contribution in [0.3, 0.4) is 0 Å². The molecule has 0 bridgehead atoms. The third-order valence-electron chi connectivity index (χ3n) is 4.05. The minimum atomic E-state index is 0.720. The summed E-state index contributed by atoms with van der Waals surface area (Å²) in [5.74, 6) is 0.974. The zero-order valence-corrected chi connectivity index (χ0v) is 12.4. The topological polar surface area (TPSA) is 15.7 Å². The Bertz CT molecular complexity index is 369. The van der Waals surface area contributed by atoms with Crippen molar-refractivity contribution < 1.29 is 4.74 Å². The van der Waals surface area contributed by atoms with Crippen LogP contribution in [-0.4, -0.2) is 56.2 Å². The van der Waals surface area contributed by atoms with Gasteiger partial charge in [0, 0.05) is 12.6 Å². The van der Waals surface area contributed by atoms with E-state index in [1.165, 1.54) is 31.5 Å². The summed E-state index contributed by atoms with van der Waals surface area (Å²) in [5.41, 5.74) is 1.27. The molecule has 0 atom stereocenters. The van der Waals surface area contributed by atoms with Gasteiger partial charge >= 0.3 is 0 Å². The van der Waals surface area contributed by atoms with Crippen molar-refractivity contribution in [2.24, 2.45) is 0 Å². The molecule has 0 amide bonds. The van der Waals surface area contributed by atoms with Crippen LogP contribution in [0.4, 0.5) is 0 Å². The Morgan fingerprint density at radius 2 is 1.84 bits per heavy atom. The lowest BCUT2D eigenvalue weighted by Gasteiger charge is -2.35. The normalized spacial score (nSPS) is 17.9. The summed E-state index contributed by atoms with van der Waals surface area (Å²) in [6, 6.07) is 9.00. The molecule has 19 heavy (non-hydrogen) atoms. The fourth-order valence-corrected chi connectivity index (χ4v) is 2.56. The van der Waals surface area contributed by atoms with E-state index in [4.69, 9.17) is 4.74 Å². The molecule has 3 heteroatoms. The third kappa shape index (κ3) is 4.51. The zero-order chi connectivity index (χ0) is 13.7. The first kappa shape index (κ1) is 14.4. The first-order valence-corrected chi connectivity index (χ1v) is 7.23. The predicted octanol–water partition coefficient (Wildman–Crippen LogP) is 2.40. The maximum Gasteiger partial charge on any atom is 0.119 e. The van der Waals surface area contributed by atoms with Crippen LogP contribution >= 0.6 is 0 Å². The molecule has 1 aliphatic heterocycles. The standard InChI is InChI=1S/C16H26N2O/c1-14-4-6-16(7-5-14)19-13-12-18(3)15-8-10-17(2)11-9-15/h4-7,15H,8-13H2,1-3H3. The summed E-state index contributed by atoms with van der Waals surface area (Å²) in [7, 11) is 4.42. The van der Waals surface area contributed by atoms with Gasteiger partial charge < -0.3 is 9.64 Å². The molecule has 2 rings (SSSR count). The molecule has 0 radical (unpaired) electrons. The smallest absolute Gasteiger partial charge is 0.119 e. The molecule has 1 fully saturated rings. The van der Waals surface area contributed by atoms with Crippen molar-refractivity contribution in [3.8, 4) is 5.75 Å². The Hall–Kier alpha value is -1.06. The predicted molar refractivity (Wildman–Crippen MR) is 79.8 cm³/mol. The molecule has 0 spiro atoms. The summed E-state index contributed by atoms with van der Waals surface area (Å²) in [6.07, 6.45) is 2.55. The third-order valence-corrected chi connectivity index (χ3v) is 4.05. The van der Waals surface area contributed by atoms with Crippen LogP contribution in [0.1, 0.15) is 18.4 Å². The number of piperidine rings is 1. The van der Waals surface area contributed by atoms with Crippen molar-refractivity contribution in [3.05, 3.63) is 29.8 Å². The van der Waals surface area contributed by atoms with E-state index in [0.29, 0.717) is 0 Å². The van der Waals surface area contributed by atoms with E-state index in [2.05, 4.69) is 43.0 Å². The first-order valence-electron chi connectivity index (χ1n) is 7.23. The monoisotopic (exact) mass is 262 g/mol. The molecule has 1 aromatic carbocycles. The minimum Gasteiger partial charge on any atom is -0.492 e. The van der Waals surface area contributed by atoms with Crippen molar-refractivity contribution in [2.45, 2.75) is 25.8 Å². The van der Waals surface area contributed by atoms with Crippen molar-refractivity contribution in [1.82, 2.24) is 9.80 Å². The molecule has 3 nitrogen and oxygen atoms in total. The second-order valence-electron chi connectivity index (χ2n) is 5.68. The highest BCUT2D eigenvalue weighted by Crippen LogP contribution is 2.15. The van der Waals surface area contributed by atoms with Gasteiger partial charge in [0.15, 0.2) is 0 Å². The van der Waals surface area contributed by atoms with E-state index >= 15 is 0 Å². The molecule has 0 aliphatic carbocycles. The van der Waals surface area contributed by atoms with Crippen LogP contribution in [-0.2, 0) is 0 Å². The summed E-state index contributed by atoms with van der Waals surface area (Å²) in [6.45, 7) is 6.30. The minimum absolute atomic E-state index is 0.720. The fraction of sp³-hybridized carbons (Fsp3) is 0.625. The Morgan fingerprint density at radius 1 is 1.21 bits per heavy atom. The number of hydrogen-bond donors (Lipinski definition) is 0. The van der Waals surface area contributed by atoms with Gasteiger partial charge in [0.25, 0.3) is 0 Å². The lowest BCUT2D eigenvalue weighted by molar-refractivity contribution is 0.127. The summed E-state index contributed by atoms with van der Waals surface area (Å²) in [5, 5.41) is 0. The molecular formula is C16H26N2O. The quantitative estimate of drug-likeness (QED) is 0.810. The van der Waals surface area contributed by atoms with Crippen LogP contribution in [0, 0.1) is 6.92 Å². The van der Waals surface area contributed by atoms with Gasteiger partial charge in [-0.3, -0.25) is 4.90 Å². The summed E-state index contributed by atoms with van der Waals surface area (Å²) >= 11 is 0.